The molecule has 7 heterocycles. The molecule has 0 bridgehead atoms. The van der Waals surface area contributed by atoms with Crippen LogP contribution in [0, 0.1) is 0 Å². The Hall–Kier alpha value is -5.17. The number of aliphatic hydroxyl groups excluding tert-OH is 1. The molecule has 1 saturated heterocycles. The molecule has 290 valence electrons. The fourth-order valence-electron chi connectivity index (χ4n) is 5.99. The van der Waals surface area contributed by atoms with Crippen LogP contribution in [0.5, 0.6) is 0 Å². The van der Waals surface area contributed by atoms with Crippen molar-refractivity contribution in [2.24, 2.45) is 10.7 Å². The molecular weight excluding hydrogens is 768 g/mol. The number of anilines is 1. The Kier molecular flexibility index (Phi) is 9.57. The number of nitrogens with two attached hydrogens (primary N) is 2. The highest BCUT2D eigenvalue weighted by atomic mass is 31.2. The number of phosphoric acid groups is 2. The van der Waals surface area contributed by atoms with Gasteiger partial charge < -0.3 is 51.2 Å². The number of nitrogen functional groups attached to an aromatic ring is 1. The molecule has 5 unspecified atom stereocenters. The van der Waals surface area contributed by atoms with Gasteiger partial charge in [-0.05, 0) is 6.42 Å². The lowest BCUT2D eigenvalue weighted by atomic mass is 10.1. The van der Waals surface area contributed by atoms with E-state index < -0.39 is 94.6 Å². The molecule has 54 heavy (non-hydrogen) atoms. The molecule has 4 aliphatic heterocycles. The molecule has 0 spiro atoms. The number of hydrogen-bond acceptors (Lipinski definition) is 19. The molecule has 28 heteroatoms. The van der Waals surface area contributed by atoms with Gasteiger partial charge in [0.1, 0.15) is 43.0 Å². The van der Waals surface area contributed by atoms with Crippen LogP contribution in [-0.2, 0) is 46.3 Å². The van der Waals surface area contributed by atoms with Crippen molar-refractivity contribution in [2.45, 2.75) is 56.1 Å². The second kappa shape index (κ2) is 13.9. The molecule has 3 aromatic heterocycles. The van der Waals surface area contributed by atoms with Crippen molar-refractivity contribution >= 4 is 62.1 Å². The normalized spacial score (nSPS) is 31.2. The first-order valence-electron chi connectivity index (χ1n) is 15.7. The molecular formula is C26H31N11O15P2. The summed E-state index contributed by atoms with van der Waals surface area (Å²) >= 11 is 0. The summed E-state index contributed by atoms with van der Waals surface area (Å²) in [6.45, 7) is 1.90. The number of ether oxygens (including phenoxy) is 2. The Morgan fingerprint density at radius 3 is 2.61 bits per heavy atom. The Labute approximate surface area is 300 Å². The number of aromatic nitrogens is 6. The predicted octanol–water partition coefficient (Wildman–Crippen LogP) is -1.49. The first kappa shape index (κ1) is 37.2. The molecule has 7 rings (SSSR count). The third-order valence-electron chi connectivity index (χ3n) is 8.31. The zero-order chi connectivity index (χ0) is 38.7. The minimum Gasteiger partial charge on any atom is -0.481 e. The van der Waals surface area contributed by atoms with Crippen LogP contribution < -0.4 is 27.7 Å². The highest BCUT2D eigenvalue weighted by molar-refractivity contribution is 7.47. The Balaban J connectivity index is 1.21. The number of amides is 1. The Morgan fingerprint density at radius 2 is 1.85 bits per heavy atom. The number of carboxylic acid groups (broad SMARTS) is 1. The van der Waals surface area contributed by atoms with Crippen LogP contribution in [0.3, 0.4) is 0 Å². The van der Waals surface area contributed by atoms with E-state index in [1.165, 1.54) is 10.9 Å². The number of aliphatic imine (C=N–C) groups is 1. The molecule has 4 aliphatic rings. The van der Waals surface area contributed by atoms with E-state index >= 15 is 0 Å². The molecule has 0 aromatic carbocycles. The van der Waals surface area contributed by atoms with E-state index in [1.54, 1.807) is 0 Å². The van der Waals surface area contributed by atoms with Crippen molar-refractivity contribution in [3.05, 3.63) is 46.8 Å². The first-order chi connectivity index (χ1) is 25.5. The summed E-state index contributed by atoms with van der Waals surface area (Å²) in [4.78, 5) is 76.9. The number of H-pyrrole nitrogens is 1. The van der Waals surface area contributed by atoms with E-state index in [4.69, 9.17) is 44.1 Å². The fourth-order valence-corrected chi connectivity index (χ4v) is 7.75. The first-order valence-corrected chi connectivity index (χ1v) is 18.7. The summed E-state index contributed by atoms with van der Waals surface area (Å²) < 4.78 is 62.3. The Bertz CT molecular complexity index is 2270. The number of aromatic amines is 1. The molecule has 1 amide bonds. The Morgan fingerprint density at radius 1 is 1.09 bits per heavy atom. The summed E-state index contributed by atoms with van der Waals surface area (Å²) in [6.07, 6.45) is -6.63. The van der Waals surface area contributed by atoms with Crippen LogP contribution >= 0.6 is 15.6 Å². The number of carbonyl (C=O) groups is 2. The maximum absolute atomic E-state index is 13.5. The number of aliphatic hydroxyl groups is 1. The lowest BCUT2D eigenvalue weighted by molar-refractivity contribution is -0.137. The van der Waals surface area contributed by atoms with E-state index in [0.29, 0.717) is 0 Å². The van der Waals surface area contributed by atoms with Gasteiger partial charge in [-0.1, -0.05) is 6.58 Å². The van der Waals surface area contributed by atoms with Crippen molar-refractivity contribution in [3.8, 4) is 0 Å². The highest BCUT2D eigenvalue weighted by Gasteiger charge is 2.52. The summed E-state index contributed by atoms with van der Waals surface area (Å²) in [7, 11) is -10.5. The van der Waals surface area contributed by atoms with E-state index in [2.05, 4.69) is 42.1 Å². The van der Waals surface area contributed by atoms with E-state index in [0.717, 1.165) is 10.9 Å². The second-order valence-corrected chi connectivity index (χ2v) is 14.8. The van der Waals surface area contributed by atoms with E-state index in [-0.39, 0.29) is 59.5 Å². The van der Waals surface area contributed by atoms with Crippen molar-refractivity contribution in [2.75, 3.05) is 18.9 Å². The van der Waals surface area contributed by atoms with E-state index in [9.17, 15) is 38.4 Å². The minimum atomic E-state index is -5.26. The van der Waals surface area contributed by atoms with Crippen molar-refractivity contribution in [3.63, 3.8) is 0 Å². The molecule has 11 N–H and O–H groups in total. The molecule has 3 aromatic rings. The summed E-state index contributed by atoms with van der Waals surface area (Å²) in [5.41, 5.74) is 10.9. The van der Waals surface area contributed by atoms with Crippen LogP contribution in [-0.4, -0.2) is 104 Å². The molecule has 0 saturated carbocycles. The van der Waals surface area contributed by atoms with E-state index in [1.807, 2.05) is 0 Å². The number of carbonyl (C=O) groups excluding carboxylic acids is 1. The largest absolute Gasteiger partial charge is 0.527 e. The molecule has 0 radical (unpaired) electrons. The number of hydrogen-bond donors (Lipinski definition) is 9. The van der Waals surface area contributed by atoms with Gasteiger partial charge in [-0.2, -0.15) is 9.98 Å². The van der Waals surface area contributed by atoms with Gasteiger partial charge in [-0.25, -0.2) is 19.1 Å². The van der Waals surface area contributed by atoms with Gasteiger partial charge in [-0.3, -0.25) is 47.0 Å². The number of nitrogens with zero attached hydrogens (tertiary/aromatic N) is 6. The van der Waals surface area contributed by atoms with Crippen molar-refractivity contribution < 1.29 is 66.3 Å². The maximum atomic E-state index is 13.5. The number of aliphatic carboxylic acids is 1. The quantitative estimate of drug-likeness (QED) is 0.123. The maximum Gasteiger partial charge on any atom is 0.527 e. The van der Waals surface area contributed by atoms with Gasteiger partial charge in [-0.15, -0.1) is 0 Å². The van der Waals surface area contributed by atoms with Crippen LogP contribution in [0.2, 0.25) is 0 Å². The standard InChI is InChI=1S/C26H31N11O15P2/c1-9-14-20(33-25(27)31-9)36(7-29-14)23-15(32-12(38)3-2-4-13(39)40)18-10(49-23)5-47-54(45,46)52-19-11(6-48-53(43,44)51-18)50-24(17(19)41)37-8-30-16-21(37)34-26(28)35-22(16)42/h7-8,11,15,17,19,23-24,41H,1-6H2,(H,32,38)(H,39,40)(H,43,44)(H,45,46)(H3,27,31,33)(H3,28,34,35,42)/t11-,15?,17?,19?,23-,24-/m1/s1. The number of rotatable bonds is 7. The SMILES string of the molecule is C=C1NC(N)=Nc2c1ncn2[C@@H]1OC2=C(OP(=O)(O)OC[C@H]3O[C@@H](n4cnc5c(=O)[nH]c(N)nc54)C(O)C3OP(=O)(O)OC2)C1NC(=O)CCCC(=O)O. The molecule has 0 aliphatic carbocycles. The number of guanidine groups is 1. The average molecular weight is 800 g/mol. The van der Waals surface area contributed by atoms with Gasteiger partial charge in [0.25, 0.3) is 5.56 Å². The van der Waals surface area contributed by atoms with Gasteiger partial charge in [0, 0.05) is 12.8 Å². The summed E-state index contributed by atoms with van der Waals surface area (Å²) in [5.74, 6) is -3.34. The predicted molar refractivity (Wildman–Crippen MR) is 176 cm³/mol. The molecule has 8 atom stereocenters. The van der Waals surface area contributed by atoms with Gasteiger partial charge in [0.15, 0.2) is 40.7 Å². The third kappa shape index (κ3) is 7.21. The lowest BCUT2D eigenvalue weighted by Crippen LogP contribution is -2.41. The van der Waals surface area contributed by atoms with Crippen LogP contribution in [0.15, 0.2) is 40.5 Å². The average Bonchev–Trinajstić information content (AvgIpc) is 3.83. The monoisotopic (exact) mass is 799 g/mol. The third-order valence-corrected chi connectivity index (χ3v) is 10.2. The summed E-state index contributed by atoms with van der Waals surface area (Å²) in [5, 5.41) is 25.5. The highest BCUT2D eigenvalue weighted by Crippen LogP contribution is 2.54. The fraction of sp³-hybridized carbons (Fsp3) is 0.423. The number of carboxylic acids is 1. The second-order valence-electron chi connectivity index (χ2n) is 12.0. The number of fused-ring (bicyclic) bond motifs is 3. The van der Waals surface area contributed by atoms with Crippen molar-refractivity contribution in [1.29, 1.82) is 0 Å². The van der Waals surface area contributed by atoms with Crippen LogP contribution in [0.4, 0.5) is 11.8 Å². The van der Waals surface area contributed by atoms with Gasteiger partial charge in [0.2, 0.25) is 18.1 Å². The lowest BCUT2D eigenvalue weighted by Gasteiger charge is -2.26. The zero-order valence-corrected chi connectivity index (χ0v) is 29.2. The van der Waals surface area contributed by atoms with Crippen molar-refractivity contribution in [1.82, 2.24) is 39.7 Å². The number of phosphoric ester groups is 2. The topological polar surface area (TPSA) is 374 Å². The van der Waals surface area contributed by atoms with Gasteiger partial charge in [0.05, 0.1) is 18.6 Å². The van der Waals surface area contributed by atoms with Crippen LogP contribution in [0.1, 0.15) is 37.4 Å². The summed E-state index contributed by atoms with van der Waals surface area (Å²) in [6, 6.07) is -1.54. The smallest absolute Gasteiger partial charge is 0.481 e. The molecule has 1 fully saturated rings. The number of nitrogens with one attached hydrogen (secondary N) is 3. The minimum absolute atomic E-state index is 0.0621. The number of imidazole rings is 2. The van der Waals surface area contributed by atoms with Gasteiger partial charge >= 0.3 is 21.6 Å². The van der Waals surface area contributed by atoms with Crippen LogP contribution in [0.25, 0.3) is 16.9 Å². The molecule has 26 nitrogen and oxygen atoms in total. The zero-order valence-electron chi connectivity index (χ0n) is 27.4.